The first-order valence-corrected chi connectivity index (χ1v) is 13.6. The van der Waals surface area contributed by atoms with E-state index >= 15 is 4.39 Å². The topological polar surface area (TPSA) is 98.5 Å². The van der Waals surface area contributed by atoms with Crippen molar-refractivity contribution in [3.63, 3.8) is 0 Å². The number of alkyl halides is 7. The summed E-state index contributed by atoms with van der Waals surface area (Å²) in [7, 11) is 0. The van der Waals surface area contributed by atoms with E-state index in [2.05, 4.69) is 31.9 Å². The van der Waals surface area contributed by atoms with Crippen LogP contribution in [0.4, 0.5) is 40.8 Å². The molecule has 0 saturated carbocycles. The molecular formula is C28H16Br2F8N2O4. The summed E-state index contributed by atoms with van der Waals surface area (Å²) in [4.78, 5) is 38.4. The predicted octanol–water partition coefficient (Wildman–Crippen LogP) is 8.06. The van der Waals surface area contributed by atoms with Gasteiger partial charge in [0.1, 0.15) is 0 Å². The summed E-state index contributed by atoms with van der Waals surface area (Å²) in [5.74, 6) is -4.52. The third-order valence-corrected chi connectivity index (χ3v) is 7.70. The first-order valence-electron chi connectivity index (χ1n) is 12.0. The molecule has 0 fully saturated rings. The van der Waals surface area contributed by atoms with Gasteiger partial charge < -0.3 is 10.0 Å². The van der Waals surface area contributed by atoms with Gasteiger partial charge in [0, 0.05) is 33.0 Å². The van der Waals surface area contributed by atoms with E-state index < -0.39 is 86.6 Å². The van der Waals surface area contributed by atoms with Gasteiger partial charge in [0.05, 0.1) is 29.3 Å². The molecule has 0 atom stereocenters. The zero-order chi connectivity index (χ0) is 33.2. The van der Waals surface area contributed by atoms with Crippen LogP contribution >= 0.6 is 31.9 Å². The van der Waals surface area contributed by atoms with Crippen molar-refractivity contribution in [2.75, 3.05) is 11.4 Å². The molecule has 0 saturated heterocycles. The number of nitrogens with zero attached hydrogens (tertiary/aromatic N) is 2. The van der Waals surface area contributed by atoms with Crippen LogP contribution in [0.1, 0.15) is 43.8 Å². The van der Waals surface area contributed by atoms with Gasteiger partial charge in [0.25, 0.3) is 5.91 Å². The minimum Gasteiger partial charge on any atom is -0.481 e. The number of carbonyl (C=O) groups excluding carboxylic acids is 2. The zero-order valence-electron chi connectivity index (χ0n) is 21.7. The van der Waals surface area contributed by atoms with Crippen LogP contribution in [0.3, 0.4) is 0 Å². The number of benzene rings is 3. The number of carbonyl (C=O) groups is 3. The molecule has 0 unspecified atom stereocenters. The molecule has 0 heterocycles. The van der Waals surface area contributed by atoms with Crippen molar-refractivity contribution in [3.05, 3.63) is 97.2 Å². The molecule has 3 aromatic carbocycles. The zero-order valence-corrected chi connectivity index (χ0v) is 24.8. The normalized spacial score (nSPS) is 12.0. The molecule has 3 rings (SSSR count). The van der Waals surface area contributed by atoms with E-state index in [4.69, 9.17) is 10.4 Å². The highest BCUT2D eigenvalue weighted by atomic mass is 79.9. The smallest absolute Gasteiger partial charge is 0.435 e. The maximum Gasteiger partial charge on any atom is 0.435 e. The molecule has 0 aliphatic carbocycles. The van der Waals surface area contributed by atoms with Gasteiger partial charge in [-0.15, -0.1) is 0 Å². The van der Waals surface area contributed by atoms with E-state index in [0.29, 0.717) is 0 Å². The van der Waals surface area contributed by atoms with Crippen LogP contribution in [-0.4, -0.2) is 41.7 Å². The first-order chi connectivity index (χ1) is 20.3. The summed E-state index contributed by atoms with van der Waals surface area (Å²) in [5.41, 5.74) is -8.80. The van der Waals surface area contributed by atoms with Gasteiger partial charge in [-0.05, 0) is 54.1 Å². The lowest BCUT2D eigenvalue weighted by atomic mass is 9.92. The minimum atomic E-state index is -6.38. The van der Waals surface area contributed by atoms with Crippen molar-refractivity contribution in [1.29, 1.82) is 5.26 Å². The van der Waals surface area contributed by atoms with Crippen molar-refractivity contribution in [2.24, 2.45) is 0 Å². The quantitative estimate of drug-likeness (QED) is 0.176. The number of hydrogen-bond acceptors (Lipinski definition) is 4. The van der Waals surface area contributed by atoms with Gasteiger partial charge in [-0.3, -0.25) is 14.4 Å². The molecule has 0 aliphatic rings. The number of Topliss-reactive ketones (excluding diaryl/α,β-unsaturated/α-hetero) is 1. The number of amides is 1. The molecular weight excluding hydrogens is 740 g/mol. The van der Waals surface area contributed by atoms with Crippen LogP contribution in [0.15, 0.2) is 63.5 Å². The number of rotatable bonds is 9. The third kappa shape index (κ3) is 6.94. The third-order valence-electron chi connectivity index (χ3n) is 6.28. The van der Waals surface area contributed by atoms with Gasteiger partial charge in [-0.25, -0.2) is 8.78 Å². The molecule has 44 heavy (non-hydrogen) atoms. The summed E-state index contributed by atoms with van der Waals surface area (Å²) >= 11 is 5.53. The second-order valence-electron chi connectivity index (χ2n) is 9.10. The molecule has 232 valence electrons. The predicted molar refractivity (Wildman–Crippen MR) is 146 cm³/mol. The van der Waals surface area contributed by atoms with Crippen molar-refractivity contribution in [1.82, 2.24) is 0 Å². The summed E-state index contributed by atoms with van der Waals surface area (Å²) in [5, 5.41) is 18.1. The van der Waals surface area contributed by atoms with Gasteiger partial charge in [0.2, 0.25) is 0 Å². The number of nitriles is 1. The van der Waals surface area contributed by atoms with Crippen LogP contribution < -0.4 is 4.90 Å². The Labute approximate surface area is 260 Å². The van der Waals surface area contributed by atoms with Crippen LogP contribution in [0.5, 0.6) is 0 Å². The van der Waals surface area contributed by atoms with Crippen LogP contribution in [0.25, 0.3) is 0 Å². The highest BCUT2D eigenvalue weighted by molar-refractivity contribution is 9.11. The molecule has 3 aromatic rings. The summed E-state index contributed by atoms with van der Waals surface area (Å²) < 4.78 is 109. The maximum atomic E-state index is 15.8. The molecule has 0 radical (unpaired) electrons. The number of aliphatic carboxylic acids is 1. The van der Waals surface area contributed by atoms with Crippen LogP contribution in [0, 0.1) is 17.1 Å². The molecule has 0 bridgehead atoms. The molecule has 0 aromatic heterocycles. The number of carboxylic acid groups (broad SMARTS) is 1. The van der Waals surface area contributed by atoms with Crippen LogP contribution in [-0.2, 0) is 16.9 Å². The Morgan fingerprint density at radius 1 is 0.886 bits per heavy atom. The standard InChI is InChI=1S/C28H16Br2F8N2O4/c29-19-10-16(26(32,27(33,34)35)28(36,37)38)11-20(30)18(19)12-22(41)17-2-1-3-21(24(17)31)40(9-8-23(42)43)25(44)15-6-4-14(13-39)5-7-15/h1-7,10-11H,8-9,12H2,(H,42,43). The van der Waals surface area contributed by atoms with E-state index in [-0.39, 0.29) is 28.8 Å². The molecule has 16 heteroatoms. The fraction of sp³-hybridized carbons (Fsp3) is 0.214. The van der Waals surface area contributed by atoms with E-state index in [0.717, 1.165) is 17.0 Å². The number of anilines is 1. The SMILES string of the molecule is N#Cc1ccc(C(=O)N(CCC(=O)O)c2cccc(C(=O)Cc3c(Br)cc(C(F)(C(F)(F)F)C(F)(F)F)cc3Br)c2F)cc1. The Bertz CT molecular complexity index is 1610. The van der Waals surface area contributed by atoms with Gasteiger partial charge >= 0.3 is 24.0 Å². The average molecular weight is 756 g/mol. The summed E-state index contributed by atoms with van der Waals surface area (Å²) in [6.07, 6.45) is -14.2. The Hall–Kier alpha value is -3.84. The number of ketones is 1. The van der Waals surface area contributed by atoms with Crippen molar-refractivity contribution in [2.45, 2.75) is 30.9 Å². The number of carboxylic acids is 1. The Kier molecular flexibility index (Phi) is 10.3. The second-order valence-corrected chi connectivity index (χ2v) is 10.8. The maximum absolute atomic E-state index is 15.8. The monoisotopic (exact) mass is 754 g/mol. The lowest BCUT2D eigenvalue weighted by molar-refractivity contribution is -0.348. The van der Waals surface area contributed by atoms with Crippen molar-refractivity contribution >= 4 is 55.2 Å². The Morgan fingerprint density at radius 3 is 1.91 bits per heavy atom. The van der Waals surface area contributed by atoms with Crippen molar-refractivity contribution in [3.8, 4) is 6.07 Å². The lowest BCUT2D eigenvalue weighted by Crippen LogP contribution is -2.50. The molecule has 0 spiro atoms. The van der Waals surface area contributed by atoms with Gasteiger partial charge in [-0.2, -0.15) is 31.6 Å². The van der Waals surface area contributed by atoms with E-state index in [9.17, 15) is 45.1 Å². The Morgan fingerprint density at radius 2 is 1.43 bits per heavy atom. The minimum absolute atomic E-state index is 0.0416. The summed E-state index contributed by atoms with van der Waals surface area (Å²) in [6.45, 7) is -0.537. The second kappa shape index (κ2) is 13.0. The fourth-order valence-electron chi connectivity index (χ4n) is 4.04. The molecule has 1 N–H and O–H groups in total. The van der Waals surface area contributed by atoms with Gasteiger partial charge in [0.15, 0.2) is 11.6 Å². The van der Waals surface area contributed by atoms with E-state index in [1.54, 1.807) is 0 Å². The van der Waals surface area contributed by atoms with E-state index in [1.807, 2.05) is 6.07 Å². The van der Waals surface area contributed by atoms with Crippen LogP contribution in [0.2, 0.25) is 0 Å². The Balaban J connectivity index is 2.02. The van der Waals surface area contributed by atoms with Gasteiger partial charge in [-0.1, -0.05) is 37.9 Å². The first kappa shape index (κ1) is 34.6. The average Bonchev–Trinajstić information content (AvgIpc) is 2.93. The molecule has 0 aliphatic heterocycles. The number of halogens is 10. The number of hydrogen-bond donors (Lipinski definition) is 1. The highest BCUT2D eigenvalue weighted by Gasteiger charge is 2.73. The highest BCUT2D eigenvalue weighted by Crippen LogP contribution is 2.54. The largest absolute Gasteiger partial charge is 0.481 e. The van der Waals surface area contributed by atoms with Crippen molar-refractivity contribution < 1.29 is 54.6 Å². The lowest BCUT2D eigenvalue weighted by Gasteiger charge is -2.31. The molecule has 6 nitrogen and oxygen atoms in total. The fourth-order valence-corrected chi connectivity index (χ4v) is 5.51. The van der Waals surface area contributed by atoms with E-state index in [1.165, 1.54) is 30.3 Å². The summed E-state index contributed by atoms with van der Waals surface area (Å²) in [6, 6.07) is 10.6. The molecule has 1 amide bonds.